The van der Waals surface area contributed by atoms with Crippen LogP contribution in [0.3, 0.4) is 0 Å². The summed E-state index contributed by atoms with van der Waals surface area (Å²) in [5.41, 5.74) is 2.15. The Hall–Kier alpha value is -0.580. The van der Waals surface area contributed by atoms with Crippen LogP contribution in [0.5, 0.6) is 0 Å². The van der Waals surface area contributed by atoms with E-state index in [1.54, 1.807) is 11.8 Å². The fourth-order valence-electron chi connectivity index (χ4n) is 1.24. The van der Waals surface area contributed by atoms with Crippen molar-refractivity contribution in [3.63, 3.8) is 0 Å². The first-order chi connectivity index (χ1) is 8.15. The van der Waals surface area contributed by atoms with Gasteiger partial charge in [0.05, 0.1) is 0 Å². The highest BCUT2D eigenvalue weighted by Crippen LogP contribution is 2.26. The van der Waals surface area contributed by atoms with Gasteiger partial charge in [-0.3, -0.25) is 0 Å². The molecule has 0 aliphatic rings. The number of aromatic nitrogens is 2. The van der Waals surface area contributed by atoms with Crippen LogP contribution in [0, 0.1) is 6.92 Å². The van der Waals surface area contributed by atoms with Gasteiger partial charge in [0, 0.05) is 27.6 Å². The van der Waals surface area contributed by atoms with Gasteiger partial charge in [0.25, 0.3) is 0 Å². The van der Waals surface area contributed by atoms with Gasteiger partial charge in [0.1, 0.15) is 0 Å². The lowest BCUT2D eigenvalue weighted by Gasteiger charge is -2.04. The number of aryl methyl sites for hydroxylation is 1. The Balaban J connectivity index is 2.04. The van der Waals surface area contributed by atoms with Crippen LogP contribution in [-0.2, 0) is 5.75 Å². The molecule has 5 heteroatoms. The molecule has 0 aliphatic carbocycles. The summed E-state index contributed by atoms with van der Waals surface area (Å²) in [5, 5.41) is 1.54. The summed E-state index contributed by atoms with van der Waals surface area (Å²) in [5.74, 6) is 0.773. The number of nitrogens with zero attached hydrogens (tertiary/aromatic N) is 2. The Morgan fingerprint density at radius 3 is 2.65 bits per heavy atom. The summed E-state index contributed by atoms with van der Waals surface area (Å²) < 4.78 is 0.989. The highest BCUT2D eigenvalue weighted by Gasteiger charge is 2.03. The van der Waals surface area contributed by atoms with Crippen molar-refractivity contribution < 1.29 is 0 Å². The monoisotopic (exact) mass is 328 g/mol. The minimum Gasteiger partial charge on any atom is -0.231 e. The van der Waals surface area contributed by atoms with E-state index < -0.39 is 0 Å². The summed E-state index contributed by atoms with van der Waals surface area (Å²) in [7, 11) is 0. The number of thioether (sulfide) groups is 1. The van der Waals surface area contributed by atoms with Crippen LogP contribution < -0.4 is 0 Å². The molecule has 0 bridgehead atoms. The number of hydrogen-bond donors (Lipinski definition) is 0. The van der Waals surface area contributed by atoms with E-state index in [0.717, 1.165) is 31.5 Å². The molecule has 0 saturated carbocycles. The average molecular weight is 330 g/mol. The zero-order valence-electron chi connectivity index (χ0n) is 9.15. The van der Waals surface area contributed by atoms with Crippen LogP contribution in [0.1, 0.15) is 11.1 Å². The molecule has 1 aromatic carbocycles. The molecule has 1 heterocycles. The van der Waals surface area contributed by atoms with Crippen molar-refractivity contribution >= 4 is 39.3 Å². The molecule has 0 amide bonds. The maximum absolute atomic E-state index is 6.14. The minimum absolute atomic E-state index is 0.763. The second kappa shape index (κ2) is 5.85. The number of benzene rings is 1. The van der Waals surface area contributed by atoms with Crippen LogP contribution in [0.4, 0.5) is 0 Å². The maximum Gasteiger partial charge on any atom is 0.187 e. The second-order valence-electron chi connectivity index (χ2n) is 3.57. The smallest absolute Gasteiger partial charge is 0.187 e. The molecule has 0 fully saturated rings. The molecule has 0 unspecified atom stereocenters. The van der Waals surface area contributed by atoms with Crippen LogP contribution in [0.25, 0.3) is 0 Å². The van der Waals surface area contributed by atoms with Gasteiger partial charge in [0.15, 0.2) is 5.16 Å². The van der Waals surface area contributed by atoms with Crippen molar-refractivity contribution in [2.24, 2.45) is 0 Å². The van der Waals surface area contributed by atoms with E-state index in [-0.39, 0.29) is 0 Å². The molecule has 0 atom stereocenters. The molecule has 0 radical (unpaired) electrons. The predicted molar refractivity (Wildman–Crippen MR) is 75.5 cm³/mol. The van der Waals surface area contributed by atoms with Crippen molar-refractivity contribution in [1.29, 1.82) is 0 Å². The van der Waals surface area contributed by atoms with Gasteiger partial charge in [-0.25, -0.2) is 9.97 Å². The quantitative estimate of drug-likeness (QED) is 0.613. The molecule has 17 heavy (non-hydrogen) atoms. The molecule has 0 aliphatic heterocycles. The van der Waals surface area contributed by atoms with E-state index in [2.05, 4.69) is 25.9 Å². The molecular weight excluding hydrogens is 320 g/mol. The molecule has 2 nitrogen and oxygen atoms in total. The Labute approximate surface area is 118 Å². The van der Waals surface area contributed by atoms with Gasteiger partial charge in [-0.2, -0.15) is 0 Å². The lowest BCUT2D eigenvalue weighted by atomic mass is 10.2. The van der Waals surface area contributed by atoms with Gasteiger partial charge in [-0.1, -0.05) is 45.4 Å². The molecule has 0 saturated heterocycles. The molecule has 2 aromatic rings. The molecule has 1 aromatic heterocycles. The first kappa shape index (κ1) is 12.9. The number of halogens is 2. The van der Waals surface area contributed by atoms with E-state index in [9.17, 15) is 0 Å². The fourth-order valence-corrected chi connectivity index (χ4v) is 2.85. The molecule has 2 rings (SSSR count). The van der Waals surface area contributed by atoms with Crippen molar-refractivity contribution in [3.05, 3.63) is 51.2 Å². The van der Waals surface area contributed by atoms with Gasteiger partial charge in [-0.05, 0) is 30.2 Å². The Bertz CT molecular complexity index is 516. The summed E-state index contributed by atoms with van der Waals surface area (Å²) in [6, 6.07) is 5.89. The van der Waals surface area contributed by atoms with Crippen molar-refractivity contribution in [1.82, 2.24) is 9.97 Å². The van der Waals surface area contributed by atoms with Crippen LogP contribution in [0.15, 0.2) is 40.2 Å². The van der Waals surface area contributed by atoms with Crippen molar-refractivity contribution in [2.45, 2.75) is 17.8 Å². The normalized spacial score (nSPS) is 10.5. The third-order valence-electron chi connectivity index (χ3n) is 2.13. The predicted octanol–water partition coefficient (Wildman–Crippen LogP) is 4.49. The van der Waals surface area contributed by atoms with Gasteiger partial charge < -0.3 is 0 Å². The minimum atomic E-state index is 0.763. The first-order valence-electron chi connectivity index (χ1n) is 5.00. The number of rotatable bonds is 3. The Kier molecular flexibility index (Phi) is 4.42. The lowest BCUT2D eigenvalue weighted by molar-refractivity contribution is 0.949. The van der Waals surface area contributed by atoms with Crippen LogP contribution in [0.2, 0.25) is 5.02 Å². The second-order valence-corrected chi connectivity index (χ2v) is 5.83. The Morgan fingerprint density at radius 2 is 2.00 bits per heavy atom. The van der Waals surface area contributed by atoms with Crippen LogP contribution in [-0.4, -0.2) is 9.97 Å². The highest BCUT2D eigenvalue weighted by atomic mass is 79.9. The van der Waals surface area contributed by atoms with Gasteiger partial charge >= 0.3 is 0 Å². The molecule has 88 valence electrons. The average Bonchev–Trinajstić information content (AvgIpc) is 2.30. The summed E-state index contributed by atoms with van der Waals surface area (Å²) in [6.07, 6.45) is 3.64. The van der Waals surface area contributed by atoms with Crippen LogP contribution >= 0.6 is 39.3 Å². The highest BCUT2D eigenvalue weighted by molar-refractivity contribution is 9.10. The van der Waals surface area contributed by atoms with E-state index in [4.69, 9.17) is 11.6 Å². The van der Waals surface area contributed by atoms with Gasteiger partial charge in [0.2, 0.25) is 0 Å². The summed E-state index contributed by atoms with van der Waals surface area (Å²) in [4.78, 5) is 8.48. The molecule has 0 spiro atoms. The SMILES string of the molecule is Cc1cnc(SCc2ccc(Br)cc2Cl)nc1. The lowest BCUT2D eigenvalue weighted by Crippen LogP contribution is -1.88. The third kappa shape index (κ3) is 3.69. The maximum atomic E-state index is 6.14. The topological polar surface area (TPSA) is 25.8 Å². The van der Waals surface area contributed by atoms with E-state index in [0.29, 0.717) is 0 Å². The zero-order chi connectivity index (χ0) is 12.3. The van der Waals surface area contributed by atoms with Crippen molar-refractivity contribution in [2.75, 3.05) is 0 Å². The largest absolute Gasteiger partial charge is 0.231 e. The zero-order valence-corrected chi connectivity index (χ0v) is 12.3. The standard InChI is InChI=1S/C12H10BrClN2S/c1-8-5-15-12(16-6-8)17-7-9-2-3-10(13)4-11(9)14/h2-6H,7H2,1H3. The van der Waals surface area contributed by atoms with Gasteiger partial charge in [-0.15, -0.1) is 0 Å². The Morgan fingerprint density at radius 1 is 1.29 bits per heavy atom. The van der Waals surface area contributed by atoms with Crippen molar-refractivity contribution in [3.8, 4) is 0 Å². The molecular formula is C12H10BrClN2S. The summed E-state index contributed by atoms with van der Waals surface area (Å²) >= 11 is 11.1. The summed E-state index contributed by atoms with van der Waals surface area (Å²) in [6.45, 7) is 1.97. The molecule has 0 N–H and O–H groups in total. The van der Waals surface area contributed by atoms with E-state index >= 15 is 0 Å². The van der Waals surface area contributed by atoms with E-state index in [1.165, 1.54) is 0 Å². The van der Waals surface area contributed by atoms with E-state index in [1.807, 2.05) is 37.5 Å². The number of hydrogen-bond acceptors (Lipinski definition) is 3. The fraction of sp³-hybridized carbons (Fsp3) is 0.167. The third-order valence-corrected chi connectivity index (χ3v) is 3.90. The first-order valence-corrected chi connectivity index (χ1v) is 7.16.